The highest BCUT2D eigenvalue weighted by atomic mass is 16.1. The number of aryl methyl sites for hydroxylation is 1. The molecule has 2 heteroatoms. The van der Waals surface area contributed by atoms with Gasteiger partial charge in [0, 0.05) is 0 Å². The van der Waals surface area contributed by atoms with E-state index in [4.69, 9.17) is 0 Å². The van der Waals surface area contributed by atoms with Gasteiger partial charge < -0.3 is 0 Å². The van der Waals surface area contributed by atoms with E-state index >= 15 is 0 Å². The maximum absolute atomic E-state index is 11.7. The molecular weight excluding hydrogens is 198 g/mol. The van der Waals surface area contributed by atoms with Crippen LogP contribution >= 0.6 is 0 Å². The SMILES string of the molecule is CC(=O)C(c1ccc(C)c(C)c1C)N(C)C. The van der Waals surface area contributed by atoms with Crippen LogP contribution in [-0.4, -0.2) is 24.8 Å². The van der Waals surface area contributed by atoms with Crippen LogP contribution in [0.25, 0.3) is 0 Å². The molecule has 0 amide bonds. The van der Waals surface area contributed by atoms with Gasteiger partial charge in [0.15, 0.2) is 5.78 Å². The van der Waals surface area contributed by atoms with E-state index in [0.29, 0.717) is 0 Å². The summed E-state index contributed by atoms with van der Waals surface area (Å²) in [6.45, 7) is 7.96. The lowest BCUT2D eigenvalue weighted by Crippen LogP contribution is -2.26. The van der Waals surface area contributed by atoms with Crippen molar-refractivity contribution in [3.8, 4) is 0 Å². The van der Waals surface area contributed by atoms with Crippen LogP contribution in [-0.2, 0) is 4.79 Å². The first-order chi connectivity index (χ1) is 7.36. The molecule has 0 aliphatic carbocycles. The average Bonchev–Trinajstić information content (AvgIpc) is 2.17. The van der Waals surface area contributed by atoms with Gasteiger partial charge in [-0.05, 0) is 64.0 Å². The van der Waals surface area contributed by atoms with Crippen LogP contribution in [0, 0.1) is 20.8 Å². The molecule has 0 radical (unpaired) electrons. The first-order valence-electron chi connectivity index (χ1n) is 5.59. The fourth-order valence-corrected chi connectivity index (χ4v) is 2.13. The number of carbonyl (C=O) groups is 1. The Balaban J connectivity index is 3.31. The van der Waals surface area contributed by atoms with Crippen molar-refractivity contribution in [1.82, 2.24) is 4.90 Å². The van der Waals surface area contributed by atoms with E-state index in [1.165, 1.54) is 16.7 Å². The summed E-state index contributed by atoms with van der Waals surface area (Å²) in [5, 5.41) is 0. The van der Waals surface area contributed by atoms with Crippen LogP contribution in [0.5, 0.6) is 0 Å². The first-order valence-corrected chi connectivity index (χ1v) is 5.59. The maximum Gasteiger partial charge on any atom is 0.151 e. The van der Waals surface area contributed by atoms with Crippen LogP contribution in [0.1, 0.15) is 35.2 Å². The number of likely N-dealkylation sites (N-methyl/N-ethyl adjacent to an activating group) is 1. The van der Waals surface area contributed by atoms with Gasteiger partial charge in [-0.1, -0.05) is 12.1 Å². The van der Waals surface area contributed by atoms with Crippen LogP contribution in [0.3, 0.4) is 0 Å². The molecule has 0 aliphatic rings. The second kappa shape index (κ2) is 4.79. The van der Waals surface area contributed by atoms with E-state index in [-0.39, 0.29) is 11.8 Å². The maximum atomic E-state index is 11.7. The van der Waals surface area contributed by atoms with Gasteiger partial charge in [-0.25, -0.2) is 0 Å². The minimum Gasteiger partial charge on any atom is -0.298 e. The molecule has 1 aromatic rings. The number of rotatable bonds is 3. The highest BCUT2D eigenvalue weighted by molar-refractivity contribution is 5.83. The number of nitrogens with zero attached hydrogens (tertiary/aromatic N) is 1. The predicted octanol–water partition coefficient (Wildman–Crippen LogP) is 2.80. The van der Waals surface area contributed by atoms with Crippen LogP contribution in [0.15, 0.2) is 12.1 Å². The Labute approximate surface area is 98.3 Å². The Morgan fingerprint density at radius 1 is 1.12 bits per heavy atom. The molecule has 0 bridgehead atoms. The van der Waals surface area contributed by atoms with E-state index in [1.54, 1.807) is 6.92 Å². The van der Waals surface area contributed by atoms with E-state index in [1.807, 2.05) is 19.0 Å². The second-order valence-electron chi connectivity index (χ2n) is 4.70. The van der Waals surface area contributed by atoms with E-state index in [2.05, 4.69) is 32.9 Å². The minimum absolute atomic E-state index is 0.126. The lowest BCUT2D eigenvalue weighted by molar-refractivity contribution is -0.121. The van der Waals surface area contributed by atoms with Gasteiger partial charge in [0.05, 0.1) is 6.04 Å². The number of hydrogen-bond donors (Lipinski definition) is 0. The van der Waals surface area contributed by atoms with Crippen molar-refractivity contribution < 1.29 is 4.79 Å². The van der Waals surface area contributed by atoms with Gasteiger partial charge in [0.25, 0.3) is 0 Å². The first kappa shape index (κ1) is 12.9. The van der Waals surface area contributed by atoms with Crippen LogP contribution in [0.2, 0.25) is 0 Å². The summed E-state index contributed by atoms with van der Waals surface area (Å²) < 4.78 is 0. The third-order valence-corrected chi connectivity index (χ3v) is 3.30. The second-order valence-corrected chi connectivity index (χ2v) is 4.70. The molecule has 1 aromatic carbocycles. The van der Waals surface area contributed by atoms with E-state index in [9.17, 15) is 4.79 Å². The third kappa shape index (κ3) is 2.33. The summed E-state index contributed by atoms with van der Waals surface area (Å²) in [5.74, 6) is 0.191. The molecule has 0 aromatic heterocycles. The molecule has 0 saturated heterocycles. The molecule has 88 valence electrons. The molecule has 0 spiro atoms. The van der Waals surface area contributed by atoms with Crippen LogP contribution in [0.4, 0.5) is 0 Å². The highest BCUT2D eigenvalue weighted by Crippen LogP contribution is 2.26. The Morgan fingerprint density at radius 2 is 1.69 bits per heavy atom. The van der Waals surface area contributed by atoms with Gasteiger partial charge >= 0.3 is 0 Å². The third-order valence-electron chi connectivity index (χ3n) is 3.30. The Bertz CT molecular complexity index is 407. The van der Waals surface area contributed by atoms with Crippen molar-refractivity contribution in [1.29, 1.82) is 0 Å². The molecule has 0 fully saturated rings. The summed E-state index contributed by atoms with van der Waals surface area (Å²) >= 11 is 0. The van der Waals surface area contributed by atoms with Gasteiger partial charge in [0.1, 0.15) is 0 Å². The highest BCUT2D eigenvalue weighted by Gasteiger charge is 2.21. The quantitative estimate of drug-likeness (QED) is 0.779. The summed E-state index contributed by atoms with van der Waals surface area (Å²) in [5.41, 5.74) is 4.92. The molecule has 1 atom stereocenters. The number of hydrogen-bond acceptors (Lipinski definition) is 2. The molecule has 0 N–H and O–H groups in total. The standard InChI is InChI=1S/C14H21NO/c1-9-7-8-13(11(3)10(9)2)14(12(4)16)15(5)6/h7-8,14H,1-6H3. The smallest absolute Gasteiger partial charge is 0.151 e. The van der Waals surface area contributed by atoms with Crippen molar-refractivity contribution in [3.63, 3.8) is 0 Å². The lowest BCUT2D eigenvalue weighted by atomic mass is 9.92. The van der Waals surface area contributed by atoms with Gasteiger partial charge in [-0.2, -0.15) is 0 Å². The van der Waals surface area contributed by atoms with E-state index in [0.717, 1.165) is 5.56 Å². The zero-order valence-electron chi connectivity index (χ0n) is 11.1. The Hall–Kier alpha value is -1.15. The van der Waals surface area contributed by atoms with Crippen LogP contribution < -0.4 is 0 Å². The molecule has 2 nitrogen and oxygen atoms in total. The number of carbonyl (C=O) groups excluding carboxylic acids is 1. The molecule has 0 saturated carbocycles. The largest absolute Gasteiger partial charge is 0.298 e. The number of ketones is 1. The molecular formula is C14H21NO. The number of benzene rings is 1. The van der Waals surface area contributed by atoms with Crippen molar-refractivity contribution >= 4 is 5.78 Å². The zero-order chi connectivity index (χ0) is 12.5. The van der Waals surface area contributed by atoms with Crippen molar-refractivity contribution in [2.24, 2.45) is 0 Å². The lowest BCUT2D eigenvalue weighted by Gasteiger charge is -2.25. The van der Waals surface area contributed by atoms with Gasteiger partial charge in [0.2, 0.25) is 0 Å². The molecule has 16 heavy (non-hydrogen) atoms. The summed E-state index contributed by atoms with van der Waals surface area (Å²) in [6.07, 6.45) is 0. The van der Waals surface area contributed by atoms with E-state index < -0.39 is 0 Å². The normalized spacial score (nSPS) is 12.9. The fourth-order valence-electron chi connectivity index (χ4n) is 2.13. The van der Waals surface area contributed by atoms with Gasteiger partial charge in [-0.15, -0.1) is 0 Å². The van der Waals surface area contributed by atoms with Crippen molar-refractivity contribution in [3.05, 3.63) is 34.4 Å². The summed E-state index contributed by atoms with van der Waals surface area (Å²) in [7, 11) is 3.89. The average molecular weight is 219 g/mol. The number of Topliss-reactive ketones (excluding diaryl/α,β-unsaturated/α-hetero) is 1. The van der Waals surface area contributed by atoms with Crippen molar-refractivity contribution in [2.45, 2.75) is 33.7 Å². The summed E-state index contributed by atoms with van der Waals surface area (Å²) in [6, 6.07) is 4.04. The predicted molar refractivity (Wildman–Crippen MR) is 67.8 cm³/mol. The van der Waals surface area contributed by atoms with Crippen molar-refractivity contribution in [2.75, 3.05) is 14.1 Å². The molecule has 0 aliphatic heterocycles. The molecule has 1 unspecified atom stereocenters. The summed E-state index contributed by atoms with van der Waals surface area (Å²) in [4.78, 5) is 13.7. The minimum atomic E-state index is -0.126. The Kier molecular flexibility index (Phi) is 3.87. The monoisotopic (exact) mass is 219 g/mol. The fraction of sp³-hybridized carbons (Fsp3) is 0.500. The zero-order valence-corrected chi connectivity index (χ0v) is 11.1. The topological polar surface area (TPSA) is 20.3 Å². The molecule has 0 heterocycles. The Morgan fingerprint density at radius 3 is 2.12 bits per heavy atom. The molecule has 1 rings (SSSR count). The van der Waals surface area contributed by atoms with Gasteiger partial charge in [-0.3, -0.25) is 9.69 Å².